The summed E-state index contributed by atoms with van der Waals surface area (Å²) in [7, 11) is 0. The van der Waals surface area contributed by atoms with Gasteiger partial charge in [0.15, 0.2) is 0 Å². The van der Waals surface area contributed by atoms with Gasteiger partial charge in [0.05, 0.1) is 18.7 Å². The molecule has 1 unspecified atom stereocenters. The Labute approximate surface area is 167 Å². The zero-order valence-corrected chi connectivity index (χ0v) is 16.3. The molecular formula is C22H21NO4S. The van der Waals surface area contributed by atoms with Crippen molar-refractivity contribution in [3.63, 3.8) is 0 Å². The molecular weight excluding hydrogens is 374 g/mol. The Balaban J connectivity index is 1.78. The molecule has 0 aliphatic carbocycles. The first kappa shape index (κ1) is 19.6. The Morgan fingerprint density at radius 2 is 1.75 bits per heavy atom. The Morgan fingerprint density at radius 1 is 1.00 bits per heavy atom. The number of benzene rings is 2. The van der Waals surface area contributed by atoms with Crippen LogP contribution in [-0.4, -0.2) is 18.5 Å². The minimum absolute atomic E-state index is 0.129. The van der Waals surface area contributed by atoms with Crippen molar-refractivity contribution in [3.8, 4) is 5.75 Å². The SMILES string of the molecule is CCOc1ccccc1NC(=O)C(OC(=O)Cc1cccs1)c1ccccc1. The number of thiophene rings is 1. The summed E-state index contributed by atoms with van der Waals surface area (Å²) in [6.07, 6.45) is -0.924. The predicted molar refractivity (Wildman–Crippen MR) is 110 cm³/mol. The van der Waals surface area contributed by atoms with Crippen molar-refractivity contribution < 1.29 is 19.1 Å². The molecule has 2 aromatic carbocycles. The molecule has 3 rings (SSSR count). The van der Waals surface area contributed by atoms with E-state index in [4.69, 9.17) is 9.47 Å². The van der Waals surface area contributed by atoms with Crippen LogP contribution in [0.2, 0.25) is 0 Å². The predicted octanol–water partition coefficient (Wildman–Crippen LogP) is 4.61. The molecule has 1 aromatic heterocycles. The lowest BCUT2D eigenvalue weighted by atomic mass is 10.1. The average Bonchev–Trinajstić information content (AvgIpc) is 3.21. The van der Waals surface area contributed by atoms with Gasteiger partial charge in [-0.25, -0.2) is 0 Å². The Morgan fingerprint density at radius 3 is 2.46 bits per heavy atom. The number of rotatable bonds is 8. The molecule has 1 amide bonds. The molecule has 0 aliphatic heterocycles. The Bertz CT molecular complexity index is 909. The molecule has 0 spiro atoms. The van der Waals surface area contributed by atoms with Crippen molar-refractivity contribution in [3.05, 3.63) is 82.6 Å². The normalized spacial score (nSPS) is 11.5. The van der Waals surface area contributed by atoms with Gasteiger partial charge in [0.1, 0.15) is 5.75 Å². The molecule has 1 N–H and O–H groups in total. The minimum Gasteiger partial charge on any atom is -0.492 e. The number of para-hydroxylation sites is 2. The fourth-order valence-electron chi connectivity index (χ4n) is 2.68. The summed E-state index contributed by atoms with van der Waals surface area (Å²) in [6.45, 7) is 2.35. The van der Waals surface area contributed by atoms with Gasteiger partial charge in [-0.05, 0) is 30.5 Å². The number of hydrogen-bond acceptors (Lipinski definition) is 5. The van der Waals surface area contributed by atoms with Crippen LogP contribution in [0.1, 0.15) is 23.5 Å². The summed E-state index contributed by atoms with van der Waals surface area (Å²) in [5.74, 6) is -0.322. The van der Waals surface area contributed by atoms with E-state index in [2.05, 4.69) is 5.32 Å². The van der Waals surface area contributed by atoms with Crippen LogP contribution >= 0.6 is 11.3 Å². The number of esters is 1. The summed E-state index contributed by atoms with van der Waals surface area (Å²) in [4.78, 5) is 26.3. The molecule has 1 atom stereocenters. The van der Waals surface area contributed by atoms with E-state index in [1.807, 2.05) is 36.6 Å². The third-order valence-corrected chi connectivity index (χ3v) is 4.81. The van der Waals surface area contributed by atoms with E-state index in [9.17, 15) is 9.59 Å². The molecule has 0 saturated heterocycles. The van der Waals surface area contributed by atoms with Gasteiger partial charge >= 0.3 is 5.97 Å². The van der Waals surface area contributed by atoms with Crippen LogP contribution in [0, 0.1) is 0 Å². The monoisotopic (exact) mass is 395 g/mol. The molecule has 0 aliphatic rings. The van der Waals surface area contributed by atoms with Gasteiger partial charge in [-0.2, -0.15) is 0 Å². The molecule has 6 heteroatoms. The van der Waals surface area contributed by atoms with Crippen LogP contribution < -0.4 is 10.1 Å². The first-order valence-corrected chi connectivity index (χ1v) is 9.85. The van der Waals surface area contributed by atoms with Gasteiger partial charge in [0, 0.05) is 10.4 Å². The number of carbonyl (C=O) groups is 2. The van der Waals surface area contributed by atoms with Crippen LogP contribution in [0.4, 0.5) is 5.69 Å². The van der Waals surface area contributed by atoms with Crippen molar-refractivity contribution >= 4 is 28.9 Å². The molecule has 5 nitrogen and oxygen atoms in total. The van der Waals surface area contributed by atoms with Crippen molar-refractivity contribution in [2.75, 3.05) is 11.9 Å². The molecule has 0 bridgehead atoms. The van der Waals surface area contributed by atoms with E-state index in [0.29, 0.717) is 23.6 Å². The lowest BCUT2D eigenvalue weighted by Crippen LogP contribution is -2.26. The van der Waals surface area contributed by atoms with E-state index >= 15 is 0 Å². The highest BCUT2D eigenvalue weighted by Crippen LogP contribution is 2.27. The van der Waals surface area contributed by atoms with Crippen molar-refractivity contribution in [2.45, 2.75) is 19.4 Å². The van der Waals surface area contributed by atoms with Crippen LogP contribution in [0.25, 0.3) is 0 Å². The quantitative estimate of drug-likeness (QED) is 0.566. The number of nitrogens with one attached hydrogen (secondary N) is 1. The standard InChI is InChI=1S/C22H21NO4S/c1-2-26-19-13-7-6-12-18(19)23-22(25)21(16-9-4-3-5-10-16)27-20(24)15-17-11-8-14-28-17/h3-14,21H,2,15H2,1H3,(H,23,25). The summed E-state index contributed by atoms with van der Waals surface area (Å²) in [5, 5.41) is 4.72. The second kappa shape index (κ2) is 9.71. The first-order valence-electron chi connectivity index (χ1n) is 8.97. The molecule has 28 heavy (non-hydrogen) atoms. The van der Waals surface area contributed by atoms with E-state index < -0.39 is 18.0 Å². The van der Waals surface area contributed by atoms with Crippen LogP contribution in [-0.2, 0) is 20.7 Å². The second-order valence-electron chi connectivity index (χ2n) is 5.96. The topological polar surface area (TPSA) is 64.6 Å². The highest BCUT2D eigenvalue weighted by molar-refractivity contribution is 7.10. The molecule has 144 valence electrons. The van der Waals surface area contributed by atoms with Gasteiger partial charge in [-0.3, -0.25) is 9.59 Å². The second-order valence-corrected chi connectivity index (χ2v) is 6.99. The maximum Gasteiger partial charge on any atom is 0.312 e. The Kier molecular flexibility index (Phi) is 6.81. The molecule has 0 fully saturated rings. The van der Waals surface area contributed by atoms with Crippen LogP contribution in [0.15, 0.2) is 72.1 Å². The van der Waals surface area contributed by atoms with E-state index in [1.54, 1.807) is 42.5 Å². The van der Waals surface area contributed by atoms with Gasteiger partial charge < -0.3 is 14.8 Å². The molecule has 3 aromatic rings. The minimum atomic E-state index is -1.05. The number of ether oxygens (including phenoxy) is 2. The van der Waals surface area contributed by atoms with Gasteiger partial charge in [-0.15, -0.1) is 11.3 Å². The number of carbonyl (C=O) groups excluding carboxylic acids is 2. The maximum atomic E-state index is 13.0. The molecule has 0 radical (unpaired) electrons. The van der Waals surface area contributed by atoms with E-state index in [0.717, 1.165) is 4.88 Å². The highest BCUT2D eigenvalue weighted by Gasteiger charge is 2.26. The zero-order valence-electron chi connectivity index (χ0n) is 15.5. The summed E-state index contributed by atoms with van der Waals surface area (Å²) in [6, 6.07) is 19.9. The summed E-state index contributed by atoms with van der Waals surface area (Å²) >= 11 is 1.47. The number of anilines is 1. The summed E-state index contributed by atoms with van der Waals surface area (Å²) < 4.78 is 11.1. The van der Waals surface area contributed by atoms with Gasteiger partial charge in [0.25, 0.3) is 5.91 Å². The Hall–Kier alpha value is -3.12. The number of amides is 1. The van der Waals surface area contributed by atoms with Gasteiger partial charge in [0.2, 0.25) is 6.10 Å². The van der Waals surface area contributed by atoms with Crippen LogP contribution in [0.3, 0.4) is 0 Å². The zero-order chi connectivity index (χ0) is 19.8. The lowest BCUT2D eigenvalue weighted by molar-refractivity contribution is -0.154. The third-order valence-electron chi connectivity index (χ3n) is 3.93. The van der Waals surface area contributed by atoms with Crippen molar-refractivity contribution in [1.29, 1.82) is 0 Å². The first-order chi connectivity index (χ1) is 13.7. The lowest BCUT2D eigenvalue weighted by Gasteiger charge is -2.19. The largest absolute Gasteiger partial charge is 0.492 e. The van der Waals surface area contributed by atoms with E-state index in [1.165, 1.54) is 11.3 Å². The fraction of sp³-hybridized carbons (Fsp3) is 0.182. The average molecular weight is 395 g/mol. The number of hydrogen-bond donors (Lipinski definition) is 1. The maximum absolute atomic E-state index is 13.0. The molecule has 1 heterocycles. The summed E-state index contributed by atoms with van der Waals surface area (Å²) in [5.41, 5.74) is 1.14. The fourth-order valence-corrected chi connectivity index (χ4v) is 3.37. The van der Waals surface area contributed by atoms with Crippen molar-refractivity contribution in [1.82, 2.24) is 0 Å². The molecule has 0 saturated carbocycles. The van der Waals surface area contributed by atoms with Gasteiger partial charge in [-0.1, -0.05) is 48.5 Å². The van der Waals surface area contributed by atoms with E-state index in [-0.39, 0.29) is 6.42 Å². The van der Waals surface area contributed by atoms with Crippen molar-refractivity contribution in [2.24, 2.45) is 0 Å². The smallest absolute Gasteiger partial charge is 0.312 e. The third kappa shape index (κ3) is 5.20. The highest BCUT2D eigenvalue weighted by atomic mass is 32.1. The van der Waals surface area contributed by atoms with Crippen LogP contribution in [0.5, 0.6) is 5.75 Å².